The number of nitrogens with zero attached hydrogens (tertiary/aromatic N) is 1. The molecule has 16 heavy (non-hydrogen) atoms. The minimum atomic E-state index is 0.0698. The Bertz CT molecular complexity index is 381. The van der Waals surface area contributed by atoms with Crippen molar-refractivity contribution in [2.45, 2.75) is 20.3 Å². The van der Waals surface area contributed by atoms with Crippen molar-refractivity contribution in [1.29, 1.82) is 0 Å². The Labute approximate surface area is 96.1 Å². The second kappa shape index (κ2) is 5.45. The Kier molecular flexibility index (Phi) is 4.23. The van der Waals surface area contributed by atoms with Crippen LogP contribution in [0.3, 0.4) is 0 Å². The van der Waals surface area contributed by atoms with Crippen LogP contribution < -0.4 is 0 Å². The summed E-state index contributed by atoms with van der Waals surface area (Å²) in [6, 6.07) is 7.52. The summed E-state index contributed by atoms with van der Waals surface area (Å²) in [5, 5.41) is 0. The van der Waals surface area contributed by atoms with Crippen LogP contribution in [0, 0.1) is 0 Å². The Morgan fingerprint density at radius 1 is 1.12 bits per heavy atom. The zero-order valence-corrected chi connectivity index (χ0v) is 9.99. The molecule has 0 radical (unpaired) electrons. The van der Waals surface area contributed by atoms with E-state index in [2.05, 4.69) is 0 Å². The Hall–Kier alpha value is -1.64. The monoisotopic (exact) mass is 219 g/mol. The zero-order valence-electron chi connectivity index (χ0n) is 9.99. The quantitative estimate of drug-likeness (QED) is 0.725. The number of amides is 1. The van der Waals surface area contributed by atoms with Crippen molar-refractivity contribution in [3.8, 4) is 0 Å². The first kappa shape index (κ1) is 12.4. The third-order valence-electron chi connectivity index (χ3n) is 2.63. The number of Topliss-reactive ketones (excluding diaryl/α,β-unsaturated/α-hetero) is 1. The summed E-state index contributed by atoms with van der Waals surface area (Å²) in [4.78, 5) is 23.7. The van der Waals surface area contributed by atoms with E-state index < -0.39 is 0 Å². The maximum absolute atomic E-state index is 11.1. The first-order chi connectivity index (χ1) is 7.50. The summed E-state index contributed by atoms with van der Waals surface area (Å²) in [5.41, 5.74) is 1.86. The van der Waals surface area contributed by atoms with E-state index in [-0.39, 0.29) is 11.7 Å². The minimum absolute atomic E-state index is 0.0698. The maximum atomic E-state index is 11.1. The molecule has 1 amide bonds. The molecule has 1 aromatic carbocycles. The van der Waals surface area contributed by atoms with Gasteiger partial charge in [0.1, 0.15) is 0 Å². The molecule has 0 saturated heterocycles. The largest absolute Gasteiger partial charge is 0.346 e. The van der Waals surface area contributed by atoms with Crippen molar-refractivity contribution < 1.29 is 9.59 Å². The van der Waals surface area contributed by atoms with Gasteiger partial charge in [-0.3, -0.25) is 9.59 Å². The molecule has 0 aromatic heterocycles. The van der Waals surface area contributed by atoms with Gasteiger partial charge in [0.05, 0.1) is 0 Å². The van der Waals surface area contributed by atoms with Crippen molar-refractivity contribution in [2.75, 3.05) is 13.6 Å². The highest BCUT2D eigenvalue weighted by Crippen LogP contribution is 2.06. The Morgan fingerprint density at radius 2 is 1.69 bits per heavy atom. The van der Waals surface area contributed by atoms with E-state index >= 15 is 0 Å². The third-order valence-corrected chi connectivity index (χ3v) is 2.63. The zero-order chi connectivity index (χ0) is 12.1. The van der Waals surface area contributed by atoms with Crippen molar-refractivity contribution in [2.24, 2.45) is 0 Å². The number of rotatable bonds is 4. The van der Waals surface area contributed by atoms with E-state index in [0.29, 0.717) is 6.54 Å². The van der Waals surface area contributed by atoms with Gasteiger partial charge in [-0.2, -0.15) is 0 Å². The number of benzene rings is 1. The van der Waals surface area contributed by atoms with Crippen LogP contribution in [0.15, 0.2) is 24.3 Å². The Morgan fingerprint density at radius 3 is 2.12 bits per heavy atom. The van der Waals surface area contributed by atoms with E-state index in [9.17, 15) is 9.59 Å². The van der Waals surface area contributed by atoms with Crippen LogP contribution in [0.25, 0.3) is 0 Å². The van der Waals surface area contributed by atoms with Crippen LogP contribution >= 0.6 is 0 Å². The number of hydrogen-bond acceptors (Lipinski definition) is 2. The predicted molar refractivity (Wildman–Crippen MR) is 63.5 cm³/mol. The van der Waals surface area contributed by atoms with Gasteiger partial charge in [-0.15, -0.1) is 0 Å². The summed E-state index contributed by atoms with van der Waals surface area (Å²) < 4.78 is 0. The topological polar surface area (TPSA) is 37.4 Å². The van der Waals surface area contributed by atoms with Gasteiger partial charge in [0, 0.05) is 26.1 Å². The average Bonchev–Trinajstić information content (AvgIpc) is 2.26. The molecule has 0 N–H and O–H groups in total. The van der Waals surface area contributed by atoms with Crippen LogP contribution in [-0.4, -0.2) is 30.2 Å². The van der Waals surface area contributed by atoms with E-state index in [0.717, 1.165) is 17.5 Å². The number of likely N-dealkylation sites (N-methyl/N-ethyl adjacent to an activating group) is 1. The van der Waals surface area contributed by atoms with Crippen molar-refractivity contribution in [1.82, 2.24) is 4.90 Å². The van der Waals surface area contributed by atoms with Gasteiger partial charge in [-0.1, -0.05) is 24.3 Å². The number of carbonyl (C=O) groups excluding carboxylic acids is 2. The second-order valence-electron chi connectivity index (χ2n) is 3.94. The molecule has 0 atom stereocenters. The van der Waals surface area contributed by atoms with Gasteiger partial charge in [-0.25, -0.2) is 0 Å². The molecule has 0 aliphatic rings. The Balaban J connectivity index is 2.56. The van der Waals surface area contributed by atoms with Crippen LogP contribution in [-0.2, 0) is 11.2 Å². The second-order valence-corrected chi connectivity index (χ2v) is 3.94. The smallest absolute Gasteiger partial charge is 0.219 e. The normalized spacial score (nSPS) is 9.94. The highest BCUT2D eigenvalue weighted by Gasteiger charge is 2.03. The summed E-state index contributed by atoms with van der Waals surface area (Å²) in [6.07, 6.45) is 0.814. The molecular formula is C13H17NO2. The lowest BCUT2D eigenvalue weighted by atomic mass is 10.1. The molecule has 0 aliphatic heterocycles. The summed E-state index contributed by atoms with van der Waals surface area (Å²) >= 11 is 0. The number of carbonyl (C=O) groups is 2. The molecule has 3 heteroatoms. The molecule has 0 spiro atoms. The summed E-state index contributed by atoms with van der Waals surface area (Å²) in [7, 11) is 1.78. The van der Waals surface area contributed by atoms with Gasteiger partial charge < -0.3 is 4.90 Å². The molecular weight excluding hydrogens is 202 g/mol. The highest BCUT2D eigenvalue weighted by atomic mass is 16.2. The standard InChI is InChI=1S/C13H17NO2/c1-10(15)13-6-4-12(5-7-13)8-9-14(3)11(2)16/h4-7H,8-9H2,1-3H3. The van der Waals surface area contributed by atoms with Crippen LogP contribution in [0.5, 0.6) is 0 Å². The van der Waals surface area contributed by atoms with Gasteiger partial charge in [0.15, 0.2) is 5.78 Å². The molecule has 0 fully saturated rings. The maximum Gasteiger partial charge on any atom is 0.219 e. The van der Waals surface area contributed by atoms with E-state index in [4.69, 9.17) is 0 Å². The average molecular weight is 219 g/mol. The lowest BCUT2D eigenvalue weighted by Gasteiger charge is -2.14. The molecule has 1 aromatic rings. The SMILES string of the molecule is CC(=O)c1ccc(CCN(C)C(C)=O)cc1. The lowest BCUT2D eigenvalue weighted by molar-refractivity contribution is -0.127. The molecule has 0 unspecified atom stereocenters. The summed E-state index contributed by atoms with van der Waals surface area (Å²) in [5.74, 6) is 0.146. The fourth-order valence-electron chi connectivity index (χ4n) is 1.36. The number of hydrogen-bond donors (Lipinski definition) is 0. The van der Waals surface area contributed by atoms with Crippen LogP contribution in [0.4, 0.5) is 0 Å². The van der Waals surface area contributed by atoms with Gasteiger partial charge in [0.25, 0.3) is 0 Å². The third kappa shape index (κ3) is 3.50. The fourth-order valence-corrected chi connectivity index (χ4v) is 1.36. The van der Waals surface area contributed by atoms with Crippen LogP contribution in [0.2, 0.25) is 0 Å². The van der Waals surface area contributed by atoms with Crippen molar-refractivity contribution in [3.05, 3.63) is 35.4 Å². The minimum Gasteiger partial charge on any atom is -0.346 e. The lowest BCUT2D eigenvalue weighted by Crippen LogP contribution is -2.26. The molecule has 3 nitrogen and oxygen atoms in total. The number of ketones is 1. The fraction of sp³-hybridized carbons (Fsp3) is 0.385. The molecule has 0 bridgehead atoms. The van der Waals surface area contributed by atoms with Crippen molar-refractivity contribution in [3.63, 3.8) is 0 Å². The first-order valence-corrected chi connectivity index (χ1v) is 5.32. The van der Waals surface area contributed by atoms with Gasteiger partial charge in [0.2, 0.25) is 5.91 Å². The first-order valence-electron chi connectivity index (χ1n) is 5.32. The molecule has 1 rings (SSSR count). The van der Waals surface area contributed by atoms with Gasteiger partial charge in [-0.05, 0) is 18.9 Å². The molecule has 0 aliphatic carbocycles. The van der Waals surface area contributed by atoms with Crippen LogP contribution in [0.1, 0.15) is 29.8 Å². The van der Waals surface area contributed by atoms with E-state index in [1.165, 1.54) is 0 Å². The highest BCUT2D eigenvalue weighted by molar-refractivity contribution is 5.94. The summed E-state index contributed by atoms with van der Waals surface area (Å²) in [6.45, 7) is 3.81. The van der Waals surface area contributed by atoms with Crippen molar-refractivity contribution >= 4 is 11.7 Å². The molecule has 0 saturated carbocycles. The predicted octanol–water partition coefficient (Wildman–Crippen LogP) is 1.91. The van der Waals surface area contributed by atoms with E-state index in [1.54, 1.807) is 25.8 Å². The molecule has 0 heterocycles. The van der Waals surface area contributed by atoms with Gasteiger partial charge >= 0.3 is 0 Å². The van der Waals surface area contributed by atoms with E-state index in [1.807, 2.05) is 24.3 Å². The molecule has 86 valence electrons.